The summed E-state index contributed by atoms with van der Waals surface area (Å²) >= 11 is 2.65. The van der Waals surface area contributed by atoms with Gasteiger partial charge < -0.3 is 0 Å². The van der Waals surface area contributed by atoms with E-state index in [1.807, 2.05) is 36.4 Å². The molecule has 41 heavy (non-hydrogen) atoms. The Bertz CT molecular complexity index is 1260. The molecule has 0 aromatic heterocycles. The predicted octanol–water partition coefficient (Wildman–Crippen LogP) is 6.74. The monoisotopic (exact) mass is 617 g/mol. The number of amides is 1. The van der Waals surface area contributed by atoms with Gasteiger partial charge in [0, 0.05) is 0 Å². The zero-order valence-corrected chi connectivity index (χ0v) is 25.9. The van der Waals surface area contributed by atoms with Crippen LogP contribution < -0.4 is 9.47 Å². The second-order valence-corrected chi connectivity index (χ2v) is 12.7. The average Bonchev–Trinajstić information content (AvgIpc) is 3.33. The second kappa shape index (κ2) is 13.8. The number of aliphatic hydroxyl groups is 1. The SMILES string of the molecule is COc1cc(CN(C[C@@H](O)[C@@H]([As])CC2CCCCC2)C(=O)OCC2c3ccccc3-c3ccccc32)cc(OC)c1. The van der Waals surface area contributed by atoms with E-state index in [0.29, 0.717) is 17.4 Å². The van der Waals surface area contributed by atoms with Crippen LogP contribution in [0.2, 0.25) is 4.71 Å². The molecule has 1 fully saturated rings. The molecule has 6 nitrogen and oxygen atoms in total. The van der Waals surface area contributed by atoms with Crippen molar-refractivity contribution in [2.75, 3.05) is 27.4 Å². The molecule has 3 aromatic carbocycles. The van der Waals surface area contributed by atoms with Gasteiger partial charge in [-0.1, -0.05) is 0 Å². The van der Waals surface area contributed by atoms with Crippen molar-refractivity contribution in [3.05, 3.63) is 83.4 Å². The molecule has 2 aliphatic carbocycles. The zero-order chi connectivity index (χ0) is 28.8. The Kier molecular flexibility index (Phi) is 9.95. The molecule has 7 heteroatoms. The van der Waals surface area contributed by atoms with Crippen LogP contribution in [0.3, 0.4) is 0 Å². The molecule has 216 valence electrons. The minimum atomic E-state index is -0.676. The molecule has 0 aliphatic heterocycles. The van der Waals surface area contributed by atoms with Gasteiger partial charge in [-0.2, -0.15) is 0 Å². The Morgan fingerprint density at radius 3 is 2.10 bits per heavy atom. The van der Waals surface area contributed by atoms with Crippen molar-refractivity contribution in [2.24, 2.45) is 5.92 Å². The molecule has 0 bridgehead atoms. The molecule has 0 heterocycles. The standard InChI is InChI=1S/C34H40AsNO5/c1-39-25-16-24(17-26(19-25)40-2)20-36(21-33(37)32(35)18-23-10-4-3-5-11-23)34(38)41-22-31-29-14-8-6-12-27(29)28-13-7-9-15-30(28)31/h6-9,12-17,19,23,31-33,37H,3-5,10-11,18,20-22H2,1-2H3/t32-,33+/m0/s1. The summed E-state index contributed by atoms with van der Waals surface area (Å²) in [6.45, 7) is 0.682. The van der Waals surface area contributed by atoms with Gasteiger partial charge in [0.15, 0.2) is 0 Å². The molecular formula is C34H40AsNO5. The number of nitrogens with zero attached hydrogens (tertiary/aromatic N) is 1. The van der Waals surface area contributed by atoms with Gasteiger partial charge in [-0.05, 0) is 0 Å². The first kappa shape index (κ1) is 29.5. The summed E-state index contributed by atoms with van der Waals surface area (Å²) < 4.78 is 17.0. The third kappa shape index (κ3) is 7.10. The third-order valence-electron chi connectivity index (χ3n) is 8.53. The van der Waals surface area contributed by atoms with Crippen molar-refractivity contribution in [1.29, 1.82) is 0 Å². The summed E-state index contributed by atoms with van der Waals surface area (Å²) in [5, 5.41) is 11.3. The fourth-order valence-electron chi connectivity index (χ4n) is 6.34. The summed E-state index contributed by atoms with van der Waals surface area (Å²) in [6, 6.07) is 22.2. The van der Waals surface area contributed by atoms with Crippen molar-refractivity contribution in [2.45, 2.75) is 61.8 Å². The van der Waals surface area contributed by atoms with Gasteiger partial charge in [0.25, 0.3) is 0 Å². The van der Waals surface area contributed by atoms with E-state index in [4.69, 9.17) is 14.2 Å². The first-order valence-electron chi connectivity index (χ1n) is 14.6. The predicted molar refractivity (Wildman–Crippen MR) is 162 cm³/mol. The number of carbonyl (C=O) groups is 1. The molecule has 2 aliphatic rings. The van der Waals surface area contributed by atoms with E-state index in [-0.39, 0.29) is 30.3 Å². The third-order valence-corrected chi connectivity index (χ3v) is 9.69. The Morgan fingerprint density at radius 1 is 0.927 bits per heavy atom. The fraction of sp³-hybridized carbons (Fsp3) is 0.441. The quantitative estimate of drug-likeness (QED) is 0.242. The van der Waals surface area contributed by atoms with Crippen LogP contribution in [0, 0.1) is 5.92 Å². The maximum absolute atomic E-state index is 13.7. The van der Waals surface area contributed by atoms with Gasteiger partial charge in [0.05, 0.1) is 0 Å². The Labute approximate surface area is 252 Å². The summed E-state index contributed by atoms with van der Waals surface area (Å²) in [5.41, 5.74) is 5.56. The molecule has 2 radical (unpaired) electrons. The summed E-state index contributed by atoms with van der Waals surface area (Å²) in [4.78, 5) is 15.3. The molecule has 2 atom stereocenters. The van der Waals surface area contributed by atoms with Gasteiger partial charge in [-0.15, -0.1) is 0 Å². The van der Waals surface area contributed by atoms with Crippen LogP contribution in [0.5, 0.6) is 11.5 Å². The molecule has 0 unspecified atom stereocenters. The number of hydrogen-bond acceptors (Lipinski definition) is 5. The van der Waals surface area contributed by atoms with Crippen LogP contribution in [0.1, 0.15) is 61.1 Å². The van der Waals surface area contributed by atoms with E-state index in [1.165, 1.54) is 54.4 Å². The second-order valence-electron chi connectivity index (χ2n) is 11.3. The Hall–Kier alpha value is -2.95. The molecule has 0 saturated heterocycles. The Balaban J connectivity index is 1.33. The van der Waals surface area contributed by atoms with Crippen molar-refractivity contribution < 1.29 is 24.1 Å². The molecule has 1 amide bonds. The molecule has 1 N–H and O–H groups in total. The minimum absolute atomic E-state index is 0.0225. The number of fused-ring (bicyclic) bond motifs is 3. The van der Waals surface area contributed by atoms with E-state index < -0.39 is 12.2 Å². The van der Waals surface area contributed by atoms with Gasteiger partial charge in [-0.3, -0.25) is 0 Å². The van der Waals surface area contributed by atoms with Crippen molar-refractivity contribution >= 4 is 22.9 Å². The number of hydrogen-bond donors (Lipinski definition) is 1. The van der Waals surface area contributed by atoms with Crippen LogP contribution in [-0.2, 0) is 11.3 Å². The normalized spacial score (nSPS) is 16.4. The zero-order valence-electron chi connectivity index (χ0n) is 24.0. The first-order valence-corrected chi connectivity index (χ1v) is 15.7. The Morgan fingerprint density at radius 2 is 1.51 bits per heavy atom. The number of rotatable bonds is 11. The molecular weight excluding hydrogens is 577 g/mol. The van der Waals surface area contributed by atoms with Crippen LogP contribution in [0.15, 0.2) is 66.7 Å². The number of methoxy groups -OCH3 is 2. The van der Waals surface area contributed by atoms with Gasteiger partial charge in [0.2, 0.25) is 0 Å². The summed E-state index contributed by atoms with van der Waals surface area (Å²) in [5.74, 6) is 1.90. The average molecular weight is 618 g/mol. The maximum atomic E-state index is 13.7. The van der Waals surface area contributed by atoms with E-state index in [0.717, 1.165) is 12.0 Å². The van der Waals surface area contributed by atoms with Crippen molar-refractivity contribution in [3.8, 4) is 22.6 Å². The molecule has 1 saturated carbocycles. The van der Waals surface area contributed by atoms with E-state index in [9.17, 15) is 9.90 Å². The van der Waals surface area contributed by atoms with E-state index >= 15 is 0 Å². The van der Waals surface area contributed by atoms with Crippen LogP contribution in [-0.4, -0.2) is 66.4 Å². The van der Waals surface area contributed by atoms with Gasteiger partial charge >= 0.3 is 253 Å². The number of benzene rings is 3. The topological polar surface area (TPSA) is 68.2 Å². The van der Waals surface area contributed by atoms with Gasteiger partial charge in [0.1, 0.15) is 0 Å². The van der Waals surface area contributed by atoms with E-state index in [2.05, 4.69) is 41.1 Å². The molecule has 3 aromatic rings. The van der Waals surface area contributed by atoms with Crippen LogP contribution >= 0.6 is 0 Å². The van der Waals surface area contributed by atoms with Crippen LogP contribution in [0.4, 0.5) is 4.79 Å². The molecule has 5 rings (SSSR count). The number of carbonyl (C=O) groups excluding carboxylic acids is 1. The summed E-state index contributed by atoms with van der Waals surface area (Å²) in [6.07, 6.45) is 6.12. The molecule has 0 spiro atoms. The van der Waals surface area contributed by atoms with Crippen LogP contribution in [0.25, 0.3) is 11.1 Å². The van der Waals surface area contributed by atoms with Gasteiger partial charge in [-0.25, -0.2) is 0 Å². The number of aliphatic hydroxyl groups excluding tert-OH is 1. The summed E-state index contributed by atoms with van der Waals surface area (Å²) in [7, 11) is 3.22. The van der Waals surface area contributed by atoms with Crippen molar-refractivity contribution in [3.63, 3.8) is 0 Å². The first-order chi connectivity index (χ1) is 20.0. The number of ether oxygens (including phenoxy) is 3. The fourth-order valence-corrected chi connectivity index (χ4v) is 7.16. The van der Waals surface area contributed by atoms with Crippen molar-refractivity contribution in [1.82, 2.24) is 4.90 Å². The van der Waals surface area contributed by atoms with E-state index in [1.54, 1.807) is 25.2 Å².